The van der Waals surface area contributed by atoms with Crippen LogP contribution in [0.3, 0.4) is 0 Å². The minimum absolute atomic E-state index is 0.237. The summed E-state index contributed by atoms with van der Waals surface area (Å²) < 4.78 is 42.6. The molecule has 4 rings (SSSR count). The van der Waals surface area contributed by atoms with Crippen LogP contribution in [0.4, 0.5) is 4.39 Å². The number of hydrogen-bond donors (Lipinski definition) is 0. The molecule has 5 nitrogen and oxygen atoms in total. The molecule has 0 N–H and O–H groups in total. The average Bonchev–Trinajstić information content (AvgIpc) is 3.10. The van der Waals surface area contributed by atoms with Crippen molar-refractivity contribution in [2.75, 3.05) is 13.1 Å². The third-order valence-electron chi connectivity index (χ3n) is 5.82. The highest BCUT2D eigenvalue weighted by molar-refractivity contribution is 7.89. The third kappa shape index (κ3) is 4.47. The van der Waals surface area contributed by atoms with Gasteiger partial charge in [-0.05, 0) is 55.5 Å². The van der Waals surface area contributed by atoms with E-state index in [0.29, 0.717) is 30.4 Å². The molecule has 3 aromatic rings. The molecule has 1 fully saturated rings. The summed E-state index contributed by atoms with van der Waals surface area (Å²) >= 11 is 0. The molecule has 1 aromatic heterocycles. The van der Waals surface area contributed by atoms with E-state index in [1.807, 2.05) is 19.2 Å². The quantitative estimate of drug-likeness (QED) is 0.597. The maximum absolute atomic E-state index is 13.2. The Hall–Kier alpha value is -2.51. The summed E-state index contributed by atoms with van der Waals surface area (Å²) in [5, 5.41) is 0. The van der Waals surface area contributed by atoms with Gasteiger partial charge >= 0.3 is 0 Å². The normalized spacial score (nSPS) is 16.1. The van der Waals surface area contributed by atoms with E-state index >= 15 is 0 Å². The zero-order valence-electron chi connectivity index (χ0n) is 17.0. The monoisotopic (exact) mass is 427 g/mol. The lowest BCUT2D eigenvalue weighted by molar-refractivity contribution is 0.269. The van der Waals surface area contributed by atoms with E-state index in [9.17, 15) is 12.8 Å². The van der Waals surface area contributed by atoms with Gasteiger partial charge in [0, 0.05) is 37.9 Å². The predicted octanol–water partition coefficient (Wildman–Crippen LogP) is 4.02. The number of aryl methyl sites for hydroxylation is 1. The molecule has 0 aliphatic carbocycles. The molecule has 0 bridgehead atoms. The Kier molecular flexibility index (Phi) is 6.01. The summed E-state index contributed by atoms with van der Waals surface area (Å²) in [6.07, 6.45) is 4.31. The second-order valence-electron chi connectivity index (χ2n) is 7.89. The molecule has 1 aliphatic heterocycles. The van der Waals surface area contributed by atoms with Crippen molar-refractivity contribution >= 4 is 10.0 Å². The van der Waals surface area contributed by atoms with Crippen molar-refractivity contribution in [3.8, 4) is 0 Å². The van der Waals surface area contributed by atoms with Crippen LogP contribution in [-0.4, -0.2) is 35.4 Å². The second kappa shape index (κ2) is 8.70. The summed E-state index contributed by atoms with van der Waals surface area (Å²) in [6.45, 7) is 3.73. The molecule has 0 radical (unpaired) electrons. The minimum Gasteiger partial charge on any atom is -0.328 e. The van der Waals surface area contributed by atoms with Crippen LogP contribution >= 0.6 is 0 Å². The molecule has 0 spiro atoms. The van der Waals surface area contributed by atoms with E-state index in [-0.39, 0.29) is 5.82 Å². The van der Waals surface area contributed by atoms with E-state index in [1.165, 1.54) is 12.1 Å². The first-order valence-corrected chi connectivity index (χ1v) is 11.7. The Balaban J connectivity index is 1.41. The molecular formula is C23H26FN3O2S. The Bertz CT molecular complexity index is 1090. The average molecular weight is 428 g/mol. The molecule has 158 valence electrons. The molecule has 2 aromatic carbocycles. The molecule has 0 unspecified atom stereocenters. The van der Waals surface area contributed by atoms with Crippen molar-refractivity contribution in [1.29, 1.82) is 0 Å². The lowest BCUT2D eigenvalue weighted by Gasteiger charge is -2.31. The molecule has 1 saturated heterocycles. The number of imidazole rings is 1. The van der Waals surface area contributed by atoms with Crippen LogP contribution in [0.5, 0.6) is 0 Å². The molecule has 2 heterocycles. The number of rotatable bonds is 6. The van der Waals surface area contributed by atoms with Gasteiger partial charge < -0.3 is 4.57 Å². The molecule has 0 saturated carbocycles. The van der Waals surface area contributed by atoms with E-state index in [0.717, 1.165) is 36.3 Å². The number of benzene rings is 2. The zero-order valence-corrected chi connectivity index (χ0v) is 17.9. The van der Waals surface area contributed by atoms with Crippen LogP contribution in [0.2, 0.25) is 0 Å². The van der Waals surface area contributed by atoms with E-state index < -0.39 is 10.0 Å². The van der Waals surface area contributed by atoms with Gasteiger partial charge in [-0.15, -0.1) is 0 Å². The fourth-order valence-corrected chi connectivity index (χ4v) is 5.51. The maximum atomic E-state index is 13.2. The largest absolute Gasteiger partial charge is 0.328 e. The van der Waals surface area contributed by atoms with Gasteiger partial charge in [0.05, 0.1) is 4.90 Å². The van der Waals surface area contributed by atoms with Gasteiger partial charge in [0.1, 0.15) is 11.6 Å². The lowest BCUT2D eigenvalue weighted by atomic mass is 9.94. The highest BCUT2D eigenvalue weighted by atomic mass is 32.2. The van der Waals surface area contributed by atoms with Crippen LogP contribution in [0, 0.1) is 18.7 Å². The smallest absolute Gasteiger partial charge is 0.243 e. The van der Waals surface area contributed by atoms with E-state index in [2.05, 4.69) is 9.55 Å². The van der Waals surface area contributed by atoms with Crippen molar-refractivity contribution < 1.29 is 12.8 Å². The fourth-order valence-electron chi connectivity index (χ4n) is 4.02. The van der Waals surface area contributed by atoms with Gasteiger partial charge in [0.2, 0.25) is 10.0 Å². The van der Waals surface area contributed by atoms with Gasteiger partial charge in [-0.3, -0.25) is 0 Å². The number of nitrogens with zero attached hydrogens (tertiary/aromatic N) is 3. The fraction of sp³-hybridized carbons (Fsp3) is 0.348. The van der Waals surface area contributed by atoms with Gasteiger partial charge in [-0.2, -0.15) is 4.31 Å². The van der Waals surface area contributed by atoms with Crippen LogP contribution in [-0.2, 0) is 23.0 Å². The lowest BCUT2D eigenvalue weighted by Crippen LogP contribution is -2.39. The van der Waals surface area contributed by atoms with Crippen molar-refractivity contribution in [3.63, 3.8) is 0 Å². The van der Waals surface area contributed by atoms with Crippen molar-refractivity contribution in [2.45, 2.75) is 37.6 Å². The Morgan fingerprint density at radius 1 is 1.03 bits per heavy atom. The Morgan fingerprint density at radius 2 is 1.70 bits per heavy atom. The summed E-state index contributed by atoms with van der Waals surface area (Å²) in [6, 6.07) is 15.2. The van der Waals surface area contributed by atoms with Crippen molar-refractivity contribution in [1.82, 2.24) is 13.9 Å². The highest BCUT2D eigenvalue weighted by Gasteiger charge is 2.29. The maximum Gasteiger partial charge on any atom is 0.243 e. The van der Waals surface area contributed by atoms with Crippen LogP contribution in [0.25, 0.3) is 0 Å². The minimum atomic E-state index is -3.42. The predicted molar refractivity (Wildman–Crippen MR) is 114 cm³/mol. The number of hydrogen-bond acceptors (Lipinski definition) is 3. The first-order valence-electron chi connectivity index (χ1n) is 10.2. The van der Waals surface area contributed by atoms with E-state index in [1.54, 1.807) is 40.7 Å². The molecule has 7 heteroatoms. The number of piperidine rings is 1. The van der Waals surface area contributed by atoms with Crippen LogP contribution in [0.15, 0.2) is 65.7 Å². The molecule has 0 atom stereocenters. The Morgan fingerprint density at radius 3 is 2.37 bits per heavy atom. The standard InChI is InChI=1S/C23H26FN3O2S/c1-18-16-25-23(27(18)17-20-7-9-21(24)10-8-20)15-19-11-13-26(14-12-19)30(28,29)22-5-3-2-4-6-22/h2-10,16,19H,11-15,17H2,1H3. The van der Waals surface area contributed by atoms with Gasteiger partial charge in [0.15, 0.2) is 0 Å². The Labute approximate surface area is 177 Å². The van der Waals surface area contributed by atoms with Crippen molar-refractivity contribution in [2.24, 2.45) is 5.92 Å². The van der Waals surface area contributed by atoms with Gasteiger partial charge in [-0.25, -0.2) is 17.8 Å². The van der Waals surface area contributed by atoms with Crippen molar-refractivity contribution in [3.05, 3.63) is 83.7 Å². The summed E-state index contributed by atoms with van der Waals surface area (Å²) in [5.74, 6) is 1.15. The summed E-state index contributed by atoms with van der Waals surface area (Å²) in [5.41, 5.74) is 2.10. The molecule has 1 aliphatic rings. The highest BCUT2D eigenvalue weighted by Crippen LogP contribution is 2.26. The zero-order chi connectivity index (χ0) is 21.1. The van der Waals surface area contributed by atoms with Crippen LogP contribution < -0.4 is 0 Å². The second-order valence-corrected chi connectivity index (χ2v) is 9.83. The first kappa shape index (κ1) is 20.8. The SMILES string of the molecule is Cc1cnc(CC2CCN(S(=O)(=O)c3ccccc3)CC2)n1Cc1ccc(F)cc1. The first-order chi connectivity index (χ1) is 14.4. The van der Waals surface area contributed by atoms with Gasteiger partial charge in [0.25, 0.3) is 0 Å². The summed E-state index contributed by atoms with van der Waals surface area (Å²) in [4.78, 5) is 4.95. The summed E-state index contributed by atoms with van der Waals surface area (Å²) in [7, 11) is -3.42. The van der Waals surface area contributed by atoms with E-state index in [4.69, 9.17) is 0 Å². The molecule has 30 heavy (non-hydrogen) atoms. The number of halogens is 1. The molecule has 0 amide bonds. The topological polar surface area (TPSA) is 55.2 Å². The van der Waals surface area contributed by atoms with Crippen LogP contribution in [0.1, 0.15) is 29.9 Å². The third-order valence-corrected chi connectivity index (χ3v) is 7.73. The number of aromatic nitrogens is 2. The number of sulfonamides is 1. The molecular weight excluding hydrogens is 401 g/mol. The van der Waals surface area contributed by atoms with Gasteiger partial charge in [-0.1, -0.05) is 30.3 Å².